The number of nitrogens with zero attached hydrogens (tertiary/aromatic N) is 1. The van der Waals surface area contributed by atoms with Gasteiger partial charge in [-0.1, -0.05) is 30.3 Å². The largest absolute Gasteiger partial charge is 0.367 e. The lowest BCUT2D eigenvalue weighted by Crippen LogP contribution is -2.31. The molecule has 42 heavy (non-hydrogen) atoms. The monoisotopic (exact) mass is 558 g/mol. The molecule has 0 saturated carbocycles. The summed E-state index contributed by atoms with van der Waals surface area (Å²) in [5, 5.41) is 19.4. The summed E-state index contributed by atoms with van der Waals surface area (Å²) in [7, 11) is 0. The molecular weight excluding hydrogens is 527 g/mol. The van der Waals surface area contributed by atoms with Crippen LogP contribution in [0.2, 0.25) is 0 Å². The predicted octanol–water partition coefficient (Wildman–Crippen LogP) is 6.36. The van der Waals surface area contributed by atoms with Gasteiger partial charge in [-0.25, -0.2) is 4.39 Å². The van der Waals surface area contributed by atoms with E-state index in [0.717, 1.165) is 87.1 Å². The Morgan fingerprint density at radius 1 is 0.952 bits per heavy atom. The minimum atomic E-state index is -0.262. The van der Waals surface area contributed by atoms with Crippen molar-refractivity contribution in [3.8, 4) is 22.5 Å². The number of aromatic amines is 2. The van der Waals surface area contributed by atoms with Crippen molar-refractivity contribution in [3.05, 3.63) is 108 Å². The van der Waals surface area contributed by atoms with Crippen molar-refractivity contribution in [3.63, 3.8) is 0 Å². The Labute approximate surface area is 242 Å². The number of halogens is 1. The van der Waals surface area contributed by atoms with Crippen molar-refractivity contribution in [1.29, 1.82) is 0 Å². The number of fused-ring (bicyclic) bond motifs is 2. The van der Waals surface area contributed by atoms with Gasteiger partial charge in [0.25, 0.3) is 0 Å². The zero-order valence-corrected chi connectivity index (χ0v) is 23.0. The standard InChI is InChI=1S/C34H31FN6O/c35-25-4-1-3-23(16-25)27-5-2-6-30-28(27)19-32(39-30)34-29-18-22(7-8-31(29)40-41-34)24-17-26(11-14-37-20-24)38-33(42)15-21-9-12-36-13-10-21/h1-8,11,14,16-21,36-37,39H,9-10,12-13,15H2,(H,38,42)(H,40,41). The van der Waals surface area contributed by atoms with Gasteiger partial charge in [0.2, 0.25) is 5.91 Å². The summed E-state index contributed by atoms with van der Waals surface area (Å²) in [6.07, 6.45) is 10.2. The third kappa shape index (κ3) is 5.24. The van der Waals surface area contributed by atoms with Crippen LogP contribution in [0, 0.1) is 11.7 Å². The molecule has 0 atom stereocenters. The average molecular weight is 559 g/mol. The van der Waals surface area contributed by atoms with E-state index in [0.29, 0.717) is 12.3 Å². The quantitative estimate of drug-likeness (QED) is 0.167. The molecule has 0 unspecified atom stereocenters. The molecule has 5 N–H and O–H groups in total. The number of nitrogens with one attached hydrogen (secondary N) is 5. The summed E-state index contributed by atoms with van der Waals surface area (Å²) in [6.45, 7) is 1.95. The number of allylic oxidation sites excluding steroid dienone is 3. The fourth-order valence-electron chi connectivity index (χ4n) is 5.93. The first kappa shape index (κ1) is 26.0. The van der Waals surface area contributed by atoms with Crippen LogP contribution in [-0.4, -0.2) is 34.2 Å². The lowest BCUT2D eigenvalue weighted by molar-refractivity contribution is -0.121. The Morgan fingerprint density at radius 2 is 1.83 bits per heavy atom. The summed E-state index contributed by atoms with van der Waals surface area (Å²) in [4.78, 5) is 16.3. The van der Waals surface area contributed by atoms with Crippen LogP contribution in [0.5, 0.6) is 0 Å². The molecule has 1 amide bonds. The van der Waals surface area contributed by atoms with E-state index in [1.165, 1.54) is 6.07 Å². The highest BCUT2D eigenvalue weighted by atomic mass is 19.1. The minimum absolute atomic E-state index is 0.0445. The number of carbonyl (C=O) groups is 1. The zero-order valence-electron chi connectivity index (χ0n) is 23.0. The molecule has 2 aromatic heterocycles. The number of carbonyl (C=O) groups excluding carboxylic acids is 1. The molecule has 2 aliphatic rings. The second-order valence-corrected chi connectivity index (χ2v) is 10.9. The second kappa shape index (κ2) is 11.1. The number of benzene rings is 3. The Bertz CT molecular complexity index is 1890. The maximum absolute atomic E-state index is 14.0. The molecule has 1 fully saturated rings. The lowest BCUT2D eigenvalue weighted by atomic mass is 9.94. The molecule has 1 saturated heterocycles. The maximum atomic E-state index is 14.0. The normalized spacial score (nSPS) is 15.7. The summed E-state index contributed by atoms with van der Waals surface area (Å²) in [6, 6.07) is 20.9. The highest BCUT2D eigenvalue weighted by Gasteiger charge is 2.18. The molecule has 5 aromatic rings. The maximum Gasteiger partial charge on any atom is 0.224 e. The van der Waals surface area contributed by atoms with E-state index in [2.05, 4.69) is 43.3 Å². The van der Waals surface area contributed by atoms with Crippen LogP contribution in [0.3, 0.4) is 0 Å². The molecule has 7 rings (SSSR count). The number of rotatable bonds is 6. The van der Waals surface area contributed by atoms with Gasteiger partial charge in [-0.2, -0.15) is 5.10 Å². The van der Waals surface area contributed by atoms with Crippen LogP contribution < -0.4 is 16.0 Å². The summed E-state index contributed by atoms with van der Waals surface area (Å²) in [5.41, 5.74) is 7.99. The smallest absolute Gasteiger partial charge is 0.224 e. The van der Waals surface area contributed by atoms with Gasteiger partial charge < -0.3 is 20.9 Å². The highest BCUT2D eigenvalue weighted by molar-refractivity contribution is 6.01. The summed E-state index contributed by atoms with van der Waals surface area (Å²) in [5.74, 6) is 0.205. The molecule has 210 valence electrons. The van der Waals surface area contributed by atoms with E-state index in [9.17, 15) is 9.18 Å². The van der Waals surface area contributed by atoms with Crippen molar-refractivity contribution >= 4 is 33.3 Å². The van der Waals surface area contributed by atoms with Gasteiger partial charge in [0.05, 0.1) is 11.2 Å². The topological polar surface area (TPSA) is 97.6 Å². The molecule has 8 heteroatoms. The van der Waals surface area contributed by atoms with E-state index >= 15 is 0 Å². The van der Waals surface area contributed by atoms with Gasteiger partial charge in [0.1, 0.15) is 11.5 Å². The molecule has 2 aliphatic heterocycles. The molecular formula is C34H31FN6O. The fraction of sp³-hybridized carbons (Fsp3) is 0.176. The molecule has 7 nitrogen and oxygen atoms in total. The number of amides is 1. The minimum Gasteiger partial charge on any atom is -0.367 e. The second-order valence-electron chi connectivity index (χ2n) is 10.9. The van der Waals surface area contributed by atoms with Gasteiger partial charge in [-0.05, 0) is 103 Å². The molecule has 0 spiro atoms. The number of aromatic nitrogens is 3. The Balaban J connectivity index is 1.19. The van der Waals surface area contributed by atoms with E-state index in [1.54, 1.807) is 12.1 Å². The van der Waals surface area contributed by atoms with Crippen LogP contribution in [0.1, 0.15) is 24.8 Å². The van der Waals surface area contributed by atoms with Gasteiger partial charge in [-0.3, -0.25) is 9.89 Å². The predicted molar refractivity (Wildman–Crippen MR) is 165 cm³/mol. The fourth-order valence-corrected chi connectivity index (χ4v) is 5.93. The van der Waals surface area contributed by atoms with Crippen molar-refractivity contribution in [1.82, 2.24) is 31.1 Å². The Kier molecular flexibility index (Phi) is 6.89. The van der Waals surface area contributed by atoms with Gasteiger partial charge in [0, 0.05) is 40.8 Å². The summed E-state index contributed by atoms with van der Waals surface area (Å²) < 4.78 is 14.0. The third-order valence-electron chi connectivity index (χ3n) is 8.08. The van der Waals surface area contributed by atoms with E-state index in [1.807, 2.05) is 61.0 Å². The molecule has 0 radical (unpaired) electrons. The summed E-state index contributed by atoms with van der Waals surface area (Å²) >= 11 is 0. The van der Waals surface area contributed by atoms with Crippen molar-refractivity contribution in [2.75, 3.05) is 13.1 Å². The Hall–Kier alpha value is -4.95. The van der Waals surface area contributed by atoms with Crippen molar-refractivity contribution in [2.24, 2.45) is 5.92 Å². The van der Waals surface area contributed by atoms with Gasteiger partial charge in [-0.15, -0.1) is 0 Å². The van der Waals surface area contributed by atoms with Crippen molar-refractivity contribution < 1.29 is 9.18 Å². The van der Waals surface area contributed by atoms with E-state index < -0.39 is 0 Å². The van der Waals surface area contributed by atoms with Gasteiger partial charge >= 0.3 is 0 Å². The van der Waals surface area contributed by atoms with Crippen LogP contribution in [0.15, 0.2) is 97.0 Å². The van der Waals surface area contributed by atoms with Crippen molar-refractivity contribution in [2.45, 2.75) is 19.3 Å². The number of H-pyrrole nitrogens is 2. The van der Waals surface area contributed by atoms with E-state index in [4.69, 9.17) is 0 Å². The van der Waals surface area contributed by atoms with Crippen LogP contribution >= 0.6 is 0 Å². The van der Waals surface area contributed by atoms with Crippen LogP contribution in [-0.2, 0) is 4.79 Å². The number of piperidine rings is 1. The van der Waals surface area contributed by atoms with E-state index in [-0.39, 0.29) is 11.7 Å². The first-order chi connectivity index (χ1) is 20.6. The number of hydrogen-bond acceptors (Lipinski definition) is 4. The average Bonchev–Trinajstić information content (AvgIpc) is 3.55. The molecule has 3 aromatic carbocycles. The number of hydrogen-bond donors (Lipinski definition) is 5. The SMILES string of the molecule is O=C(CC1CCNCC1)NC1=CC(c2ccc3[nH]nc(-c4cc5c(-c6cccc(F)c6)cccc5[nH]4)c3c2)=CNC=C1. The molecule has 4 heterocycles. The zero-order chi connectivity index (χ0) is 28.5. The lowest BCUT2D eigenvalue weighted by Gasteiger charge is -2.22. The third-order valence-corrected chi connectivity index (χ3v) is 8.08. The first-order valence-corrected chi connectivity index (χ1v) is 14.3. The van der Waals surface area contributed by atoms with Crippen LogP contribution in [0.4, 0.5) is 4.39 Å². The Morgan fingerprint density at radius 3 is 2.71 bits per heavy atom. The molecule has 0 aliphatic carbocycles. The highest BCUT2D eigenvalue weighted by Crippen LogP contribution is 2.35. The van der Waals surface area contributed by atoms with Crippen LogP contribution in [0.25, 0.3) is 49.9 Å². The molecule has 0 bridgehead atoms. The first-order valence-electron chi connectivity index (χ1n) is 14.3. The van der Waals surface area contributed by atoms with Gasteiger partial charge in [0.15, 0.2) is 0 Å².